The van der Waals surface area contributed by atoms with E-state index in [0.717, 1.165) is 19.4 Å². The Hall–Kier alpha value is -1.08. The Kier molecular flexibility index (Phi) is 5.13. The minimum atomic E-state index is 0.441. The van der Waals surface area contributed by atoms with Crippen molar-refractivity contribution in [3.05, 3.63) is 48.0 Å². The van der Waals surface area contributed by atoms with Crippen molar-refractivity contribution < 1.29 is 0 Å². The van der Waals surface area contributed by atoms with Crippen LogP contribution < -0.4 is 5.32 Å². The molecule has 0 amide bonds. The quantitative estimate of drug-likeness (QED) is 0.701. The minimum Gasteiger partial charge on any atom is -0.311 e. The highest BCUT2D eigenvalue weighted by atomic mass is 14.9. The van der Waals surface area contributed by atoms with Gasteiger partial charge in [0.25, 0.3) is 0 Å². The van der Waals surface area contributed by atoms with Gasteiger partial charge in [-0.1, -0.05) is 42.8 Å². The van der Waals surface area contributed by atoms with Crippen LogP contribution in [0.15, 0.2) is 36.9 Å². The molecule has 0 spiro atoms. The van der Waals surface area contributed by atoms with Crippen LogP contribution in [0.1, 0.15) is 24.5 Å². The highest BCUT2D eigenvalue weighted by Gasteiger charge is 2.02. The van der Waals surface area contributed by atoms with Crippen molar-refractivity contribution in [3.8, 4) is 0 Å². The average Bonchev–Trinajstić information content (AvgIpc) is 2.26. The van der Waals surface area contributed by atoms with Gasteiger partial charge in [-0.25, -0.2) is 0 Å². The lowest BCUT2D eigenvalue weighted by atomic mass is 10.0. The molecule has 0 bridgehead atoms. The second-order valence-corrected chi connectivity index (χ2v) is 3.92. The molecule has 0 fully saturated rings. The maximum Gasteiger partial charge on any atom is 0.0250 e. The Morgan fingerprint density at radius 2 is 2.00 bits per heavy atom. The van der Waals surface area contributed by atoms with Crippen LogP contribution in [0.2, 0.25) is 0 Å². The highest BCUT2D eigenvalue weighted by Crippen LogP contribution is 2.07. The van der Waals surface area contributed by atoms with Gasteiger partial charge in [-0.15, -0.1) is 6.58 Å². The third-order valence-corrected chi connectivity index (χ3v) is 2.62. The molecule has 1 heteroatoms. The lowest BCUT2D eigenvalue weighted by molar-refractivity contribution is 0.575. The zero-order valence-electron chi connectivity index (χ0n) is 9.79. The first-order chi connectivity index (χ1) is 7.26. The summed E-state index contributed by atoms with van der Waals surface area (Å²) in [4.78, 5) is 0. The predicted molar refractivity (Wildman–Crippen MR) is 67.2 cm³/mol. The number of hydrogen-bond donors (Lipinski definition) is 1. The highest BCUT2D eigenvalue weighted by molar-refractivity contribution is 5.21. The Bertz CT molecular complexity index is 287. The van der Waals surface area contributed by atoms with Gasteiger partial charge in [0.15, 0.2) is 0 Å². The van der Waals surface area contributed by atoms with Crippen LogP contribution in [-0.2, 0) is 6.42 Å². The van der Waals surface area contributed by atoms with Crippen molar-refractivity contribution in [2.24, 2.45) is 0 Å². The van der Waals surface area contributed by atoms with Crippen molar-refractivity contribution in [1.29, 1.82) is 0 Å². The molecule has 1 nitrogen and oxygen atoms in total. The monoisotopic (exact) mass is 203 g/mol. The fraction of sp³-hybridized carbons (Fsp3) is 0.429. The molecule has 0 radical (unpaired) electrons. The zero-order chi connectivity index (χ0) is 11.1. The Labute approximate surface area is 93.2 Å². The van der Waals surface area contributed by atoms with Crippen molar-refractivity contribution in [1.82, 2.24) is 5.32 Å². The Morgan fingerprint density at radius 1 is 1.33 bits per heavy atom. The third kappa shape index (κ3) is 4.30. The summed E-state index contributed by atoms with van der Waals surface area (Å²) in [6, 6.07) is 9.20. The molecule has 1 aromatic carbocycles. The van der Waals surface area contributed by atoms with E-state index in [1.54, 1.807) is 0 Å². The standard InChI is InChI=1S/C14H21N/c1-4-14(15-5-2)11-10-13-8-6-12(3)7-9-13/h4,6-9,14-15H,1,5,10-11H2,2-3H3. The molecular weight excluding hydrogens is 182 g/mol. The summed E-state index contributed by atoms with van der Waals surface area (Å²) in [6.45, 7) is 9.10. The van der Waals surface area contributed by atoms with E-state index in [9.17, 15) is 0 Å². The number of aryl methyl sites for hydroxylation is 2. The first-order valence-electron chi connectivity index (χ1n) is 5.67. The largest absolute Gasteiger partial charge is 0.311 e. The van der Waals surface area contributed by atoms with E-state index in [4.69, 9.17) is 0 Å². The van der Waals surface area contributed by atoms with E-state index in [1.165, 1.54) is 11.1 Å². The second kappa shape index (κ2) is 6.41. The van der Waals surface area contributed by atoms with Crippen LogP contribution in [0.25, 0.3) is 0 Å². The van der Waals surface area contributed by atoms with Gasteiger partial charge in [0, 0.05) is 6.04 Å². The molecular formula is C14H21N. The van der Waals surface area contributed by atoms with Gasteiger partial charge >= 0.3 is 0 Å². The van der Waals surface area contributed by atoms with Crippen molar-refractivity contribution in [2.45, 2.75) is 32.7 Å². The average molecular weight is 203 g/mol. The zero-order valence-corrected chi connectivity index (χ0v) is 9.79. The first kappa shape index (κ1) is 12.0. The normalized spacial score (nSPS) is 12.4. The molecule has 1 aromatic rings. The molecule has 1 unspecified atom stereocenters. The molecule has 0 saturated carbocycles. The van der Waals surface area contributed by atoms with Gasteiger partial charge in [-0.05, 0) is 31.9 Å². The SMILES string of the molecule is C=CC(CCc1ccc(C)cc1)NCC. The summed E-state index contributed by atoms with van der Waals surface area (Å²) in [5.74, 6) is 0. The van der Waals surface area contributed by atoms with E-state index in [-0.39, 0.29) is 0 Å². The lowest BCUT2D eigenvalue weighted by Crippen LogP contribution is -2.26. The van der Waals surface area contributed by atoms with Crippen LogP contribution in [-0.4, -0.2) is 12.6 Å². The van der Waals surface area contributed by atoms with E-state index < -0.39 is 0 Å². The molecule has 15 heavy (non-hydrogen) atoms. The molecule has 1 atom stereocenters. The molecule has 0 heterocycles. The molecule has 82 valence electrons. The number of rotatable bonds is 6. The predicted octanol–water partition coefficient (Wildman–Crippen LogP) is 3.09. The number of nitrogens with one attached hydrogen (secondary N) is 1. The summed E-state index contributed by atoms with van der Waals surface area (Å²) < 4.78 is 0. The number of hydrogen-bond acceptors (Lipinski definition) is 1. The van der Waals surface area contributed by atoms with Crippen LogP contribution in [0.4, 0.5) is 0 Å². The molecule has 0 saturated heterocycles. The molecule has 0 aliphatic rings. The number of benzene rings is 1. The summed E-state index contributed by atoms with van der Waals surface area (Å²) in [5, 5.41) is 3.40. The van der Waals surface area contributed by atoms with Gasteiger partial charge < -0.3 is 5.32 Å². The second-order valence-electron chi connectivity index (χ2n) is 3.92. The first-order valence-corrected chi connectivity index (χ1v) is 5.67. The van der Waals surface area contributed by atoms with E-state index in [0.29, 0.717) is 6.04 Å². The van der Waals surface area contributed by atoms with Crippen LogP contribution in [0, 0.1) is 6.92 Å². The summed E-state index contributed by atoms with van der Waals surface area (Å²) in [5.41, 5.74) is 2.73. The van der Waals surface area contributed by atoms with Gasteiger partial charge in [-0.3, -0.25) is 0 Å². The molecule has 0 aromatic heterocycles. The van der Waals surface area contributed by atoms with Crippen LogP contribution >= 0.6 is 0 Å². The van der Waals surface area contributed by atoms with Gasteiger partial charge in [0.1, 0.15) is 0 Å². The van der Waals surface area contributed by atoms with Crippen LogP contribution in [0.3, 0.4) is 0 Å². The van der Waals surface area contributed by atoms with E-state index >= 15 is 0 Å². The Morgan fingerprint density at radius 3 is 2.53 bits per heavy atom. The van der Waals surface area contributed by atoms with Gasteiger partial charge in [0.2, 0.25) is 0 Å². The maximum absolute atomic E-state index is 3.84. The van der Waals surface area contributed by atoms with E-state index in [1.807, 2.05) is 6.08 Å². The molecule has 0 aliphatic carbocycles. The fourth-order valence-electron chi connectivity index (χ4n) is 1.64. The summed E-state index contributed by atoms with van der Waals surface area (Å²) in [7, 11) is 0. The third-order valence-electron chi connectivity index (χ3n) is 2.62. The summed E-state index contributed by atoms with van der Waals surface area (Å²) >= 11 is 0. The summed E-state index contributed by atoms with van der Waals surface area (Å²) in [6.07, 6.45) is 4.24. The Balaban J connectivity index is 2.41. The van der Waals surface area contributed by atoms with E-state index in [2.05, 4.69) is 50.0 Å². The van der Waals surface area contributed by atoms with Gasteiger partial charge in [-0.2, -0.15) is 0 Å². The molecule has 1 rings (SSSR count). The minimum absolute atomic E-state index is 0.441. The van der Waals surface area contributed by atoms with Crippen molar-refractivity contribution in [3.63, 3.8) is 0 Å². The lowest BCUT2D eigenvalue weighted by Gasteiger charge is -2.12. The molecule has 1 N–H and O–H groups in total. The molecule has 0 aliphatic heterocycles. The van der Waals surface area contributed by atoms with Gasteiger partial charge in [0.05, 0.1) is 0 Å². The number of likely N-dealkylation sites (N-methyl/N-ethyl adjacent to an activating group) is 1. The van der Waals surface area contributed by atoms with Crippen molar-refractivity contribution >= 4 is 0 Å². The fourth-order valence-corrected chi connectivity index (χ4v) is 1.64. The smallest absolute Gasteiger partial charge is 0.0250 e. The topological polar surface area (TPSA) is 12.0 Å². The van der Waals surface area contributed by atoms with Crippen LogP contribution in [0.5, 0.6) is 0 Å². The maximum atomic E-state index is 3.84. The van der Waals surface area contributed by atoms with Crippen molar-refractivity contribution in [2.75, 3.05) is 6.54 Å².